The Kier molecular flexibility index (Phi) is 2.20. The van der Waals surface area contributed by atoms with Crippen LogP contribution in [0.4, 0.5) is 0 Å². The highest BCUT2D eigenvalue weighted by molar-refractivity contribution is 5.61. The molecule has 2 rings (SSSR count). The van der Waals surface area contributed by atoms with E-state index in [1.54, 1.807) is 0 Å². The molecule has 0 spiro atoms. The van der Waals surface area contributed by atoms with Gasteiger partial charge in [0.1, 0.15) is 0 Å². The van der Waals surface area contributed by atoms with Crippen molar-refractivity contribution < 1.29 is 0 Å². The maximum Gasteiger partial charge on any atom is 0.0519 e. The predicted molar refractivity (Wildman–Crippen MR) is 61.1 cm³/mol. The molecule has 1 unspecified atom stereocenters. The first-order valence-electron chi connectivity index (χ1n) is 5.11. The maximum atomic E-state index is 3.59. The predicted octanol–water partition coefficient (Wildman–Crippen LogP) is 3.14. The van der Waals surface area contributed by atoms with E-state index in [4.69, 9.17) is 0 Å². The number of rotatable bonds is 1. The maximum absolute atomic E-state index is 3.59. The van der Waals surface area contributed by atoms with Crippen LogP contribution in [0.3, 0.4) is 0 Å². The van der Waals surface area contributed by atoms with Crippen LogP contribution >= 0.6 is 0 Å². The van der Waals surface area contributed by atoms with Crippen molar-refractivity contribution in [1.82, 2.24) is 5.32 Å². The second kappa shape index (κ2) is 3.25. The van der Waals surface area contributed by atoms with Crippen molar-refractivity contribution >= 4 is 6.08 Å². The Morgan fingerprint density at radius 1 is 1.14 bits per heavy atom. The van der Waals surface area contributed by atoms with E-state index in [-0.39, 0.29) is 5.54 Å². The van der Waals surface area contributed by atoms with E-state index in [1.165, 1.54) is 11.1 Å². The first-order chi connectivity index (χ1) is 6.56. The van der Waals surface area contributed by atoms with E-state index in [0.29, 0.717) is 6.04 Å². The van der Waals surface area contributed by atoms with Gasteiger partial charge in [-0.05, 0) is 31.9 Å². The van der Waals surface area contributed by atoms with Gasteiger partial charge in [0.25, 0.3) is 0 Å². The average molecular weight is 187 g/mol. The van der Waals surface area contributed by atoms with Crippen LogP contribution in [0.25, 0.3) is 6.08 Å². The Balaban J connectivity index is 2.23. The fourth-order valence-electron chi connectivity index (χ4n) is 1.84. The van der Waals surface area contributed by atoms with E-state index in [9.17, 15) is 0 Å². The lowest BCUT2D eigenvalue weighted by Crippen LogP contribution is -2.37. The van der Waals surface area contributed by atoms with Crippen molar-refractivity contribution in [2.75, 3.05) is 0 Å². The van der Waals surface area contributed by atoms with Gasteiger partial charge >= 0.3 is 0 Å². The molecule has 0 aliphatic heterocycles. The van der Waals surface area contributed by atoms with E-state index < -0.39 is 0 Å². The lowest BCUT2D eigenvalue weighted by molar-refractivity contribution is 0.399. The number of hydrogen-bond donors (Lipinski definition) is 1. The Bertz CT molecular complexity index is 358. The number of hydrogen-bond acceptors (Lipinski definition) is 1. The highest BCUT2D eigenvalue weighted by atomic mass is 15.0. The molecule has 1 aromatic carbocycles. The fourth-order valence-corrected chi connectivity index (χ4v) is 1.84. The number of nitrogens with one attached hydrogen (secondary N) is 1. The van der Waals surface area contributed by atoms with E-state index in [1.807, 2.05) is 0 Å². The number of fused-ring (bicyclic) bond motifs is 1. The number of benzene rings is 1. The summed E-state index contributed by atoms with van der Waals surface area (Å²) in [5.41, 5.74) is 2.89. The molecule has 0 heterocycles. The van der Waals surface area contributed by atoms with Crippen LogP contribution in [-0.4, -0.2) is 5.54 Å². The average Bonchev–Trinajstić information content (AvgIpc) is 2.47. The summed E-state index contributed by atoms with van der Waals surface area (Å²) in [6.45, 7) is 6.59. The first-order valence-corrected chi connectivity index (χ1v) is 5.11. The third-order valence-corrected chi connectivity index (χ3v) is 2.39. The van der Waals surface area contributed by atoms with E-state index in [2.05, 4.69) is 62.5 Å². The summed E-state index contributed by atoms with van der Waals surface area (Å²) in [5.74, 6) is 0. The SMILES string of the molecule is CC(C)(C)NC1C=Cc2ccccc21. The van der Waals surface area contributed by atoms with Gasteiger partial charge in [0.15, 0.2) is 0 Å². The lowest BCUT2D eigenvalue weighted by atomic mass is 10.0. The van der Waals surface area contributed by atoms with E-state index in [0.717, 1.165) is 0 Å². The third-order valence-electron chi connectivity index (χ3n) is 2.39. The quantitative estimate of drug-likeness (QED) is 0.712. The van der Waals surface area contributed by atoms with Crippen LogP contribution in [0, 0.1) is 0 Å². The molecule has 1 aliphatic rings. The van der Waals surface area contributed by atoms with Crippen LogP contribution < -0.4 is 5.32 Å². The molecule has 1 N–H and O–H groups in total. The highest BCUT2D eigenvalue weighted by Crippen LogP contribution is 2.29. The summed E-state index contributed by atoms with van der Waals surface area (Å²) in [4.78, 5) is 0. The molecule has 74 valence electrons. The molecule has 0 saturated heterocycles. The zero-order valence-electron chi connectivity index (χ0n) is 9.04. The summed E-state index contributed by atoms with van der Waals surface area (Å²) in [5, 5.41) is 3.59. The summed E-state index contributed by atoms with van der Waals surface area (Å²) >= 11 is 0. The van der Waals surface area contributed by atoms with Crippen molar-refractivity contribution in [3.63, 3.8) is 0 Å². The van der Waals surface area contributed by atoms with Crippen LogP contribution in [0.5, 0.6) is 0 Å². The van der Waals surface area contributed by atoms with Gasteiger partial charge in [-0.1, -0.05) is 36.4 Å². The van der Waals surface area contributed by atoms with Crippen molar-refractivity contribution in [3.8, 4) is 0 Å². The topological polar surface area (TPSA) is 12.0 Å². The molecule has 1 aromatic rings. The van der Waals surface area contributed by atoms with Gasteiger partial charge in [-0.25, -0.2) is 0 Å². The van der Waals surface area contributed by atoms with Gasteiger partial charge in [0.05, 0.1) is 6.04 Å². The monoisotopic (exact) mass is 187 g/mol. The summed E-state index contributed by atoms with van der Waals surface area (Å²) < 4.78 is 0. The molecule has 14 heavy (non-hydrogen) atoms. The molecule has 1 aliphatic carbocycles. The molecule has 1 atom stereocenters. The van der Waals surface area contributed by atoms with Gasteiger partial charge < -0.3 is 5.32 Å². The second-order valence-corrected chi connectivity index (χ2v) is 4.86. The molecule has 0 fully saturated rings. The minimum atomic E-state index is 0.159. The van der Waals surface area contributed by atoms with Crippen LogP contribution in [0.1, 0.15) is 37.9 Å². The minimum absolute atomic E-state index is 0.159. The van der Waals surface area contributed by atoms with Crippen LogP contribution in [0.2, 0.25) is 0 Å². The van der Waals surface area contributed by atoms with Gasteiger partial charge in [0.2, 0.25) is 0 Å². The molecular formula is C13H17N. The zero-order valence-corrected chi connectivity index (χ0v) is 9.04. The van der Waals surface area contributed by atoms with Gasteiger partial charge in [-0.2, -0.15) is 0 Å². The summed E-state index contributed by atoms with van der Waals surface area (Å²) in [7, 11) is 0. The normalized spacial score (nSPS) is 19.8. The van der Waals surface area contributed by atoms with Crippen molar-refractivity contribution in [2.45, 2.75) is 32.4 Å². The summed E-state index contributed by atoms with van der Waals surface area (Å²) in [6, 6.07) is 8.92. The Labute approximate surface area is 85.8 Å². The fraction of sp³-hybridized carbons (Fsp3) is 0.385. The van der Waals surface area contributed by atoms with Crippen LogP contribution in [-0.2, 0) is 0 Å². The van der Waals surface area contributed by atoms with E-state index >= 15 is 0 Å². The molecule has 1 heteroatoms. The Morgan fingerprint density at radius 2 is 1.86 bits per heavy atom. The van der Waals surface area contributed by atoms with Crippen LogP contribution in [0.15, 0.2) is 30.3 Å². The second-order valence-electron chi connectivity index (χ2n) is 4.86. The Morgan fingerprint density at radius 3 is 2.57 bits per heavy atom. The lowest BCUT2D eigenvalue weighted by Gasteiger charge is -2.25. The summed E-state index contributed by atoms with van der Waals surface area (Å²) in [6.07, 6.45) is 4.43. The third kappa shape index (κ3) is 1.88. The molecule has 1 nitrogen and oxygen atoms in total. The molecule has 0 amide bonds. The smallest absolute Gasteiger partial charge is 0.0519 e. The standard InChI is InChI=1S/C13H17N/c1-13(2,3)14-12-9-8-10-6-4-5-7-11(10)12/h4-9,12,14H,1-3H3. The first kappa shape index (κ1) is 9.47. The van der Waals surface area contributed by atoms with Crippen molar-refractivity contribution in [1.29, 1.82) is 0 Å². The van der Waals surface area contributed by atoms with Crippen molar-refractivity contribution in [2.24, 2.45) is 0 Å². The molecule has 0 saturated carbocycles. The molecule has 0 aromatic heterocycles. The van der Waals surface area contributed by atoms with Gasteiger partial charge in [-0.3, -0.25) is 0 Å². The molecule has 0 radical (unpaired) electrons. The largest absolute Gasteiger partial charge is 0.302 e. The molecular weight excluding hydrogens is 170 g/mol. The highest BCUT2D eigenvalue weighted by Gasteiger charge is 2.21. The zero-order chi connectivity index (χ0) is 10.2. The van der Waals surface area contributed by atoms with Crippen molar-refractivity contribution in [3.05, 3.63) is 41.5 Å². The Hall–Kier alpha value is -1.08. The van der Waals surface area contributed by atoms with Gasteiger partial charge in [0, 0.05) is 5.54 Å². The van der Waals surface area contributed by atoms with Gasteiger partial charge in [-0.15, -0.1) is 0 Å². The minimum Gasteiger partial charge on any atom is -0.302 e. The molecule has 0 bridgehead atoms.